The zero-order chi connectivity index (χ0) is 33.4. The molecular formula is C33H42ClN3O7S. The minimum Gasteiger partial charge on any atom is -0.494 e. The Morgan fingerprint density at radius 2 is 1.53 bits per heavy atom. The normalized spacial score (nSPS) is 12.2. The van der Waals surface area contributed by atoms with Crippen molar-refractivity contribution in [3.05, 3.63) is 77.3 Å². The summed E-state index contributed by atoms with van der Waals surface area (Å²) >= 11 is 6.10. The van der Waals surface area contributed by atoms with Crippen molar-refractivity contribution >= 4 is 39.1 Å². The first-order chi connectivity index (χ1) is 21.2. The number of halogens is 1. The van der Waals surface area contributed by atoms with Crippen LogP contribution in [0.4, 0.5) is 5.69 Å². The van der Waals surface area contributed by atoms with Gasteiger partial charge in [0.2, 0.25) is 11.8 Å². The molecule has 0 aromatic heterocycles. The molecule has 1 atom stereocenters. The van der Waals surface area contributed by atoms with Crippen LogP contribution < -0.4 is 23.8 Å². The molecular weight excluding hydrogens is 618 g/mol. The largest absolute Gasteiger partial charge is 0.494 e. The number of amides is 2. The molecule has 12 heteroatoms. The summed E-state index contributed by atoms with van der Waals surface area (Å²) in [6.07, 6.45) is 0.298. The summed E-state index contributed by atoms with van der Waals surface area (Å²) in [7, 11) is -1.48. The number of hydrogen-bond acceptors (Lipinski definition) is 7. The molecule has 1 N–H and O–H groups in total. The zero-order valence-electron chi connectivity index (χ0n) is 26.8. The van der Waals surface area contributed by atoms with Crippen LogP contribution in [-0.2, 0) is 26.2 Å². The van der Waals surface area contributed by atoms with Crippen LogP contribution >= 0.6 is 11.6 Å². The van der Waals surface area contributed by atoms with E-state index in [9.17, 15) is 18.0 Å². The maximum atomic E-state index is 14.3. The zero-order valence-corrected chi connectivity index (χ0v) is 28.4. The van der Waals surface area contributed by atoms with E-state index in [0.717, 1.165) is 9.87 Å². The van der Waals surface area contributed by atoms with Crippen molar-refractivity contribution in [2.75, 3.05) is 31.7 Å². The predicted octanol–water partition coefficient (Wildman–Crippen LogP) is 5.67. The Kier molecular flexibility index (Phi) is 12.1. The maximum Gasteiger partial charge on any atom is 0.264 e. The molecule has 3 aromatic rings. The SMILES string of the molecule is CCOc1ccc(N(CC(=O)N(Cc2ccc(Cl)cc2)[C@H](CC)C(=O)NC(C)(C)C)S(=O)(=O)c2ccc(OC)c(OC)c2)cc1. The van der Waals surface area contributed by atoms with Gasteiger partial charge in [0.25, 0.3) is 10.0 Å². The second kappa shape index (κ2) is 15.4. The van der Waals surface area contributed by atoms with Crippen LogP contribution in [0.15, 0.2) is 71.6 Å². The van der Waals surface area contributed by atoms with Crippen molar-refractivity contribution in [3.8, 4) is 17.2 Å². The lowest BCUT2D eigenvalue weighted by molar-refractivity contribution is -0.141. The first kappa shape index (κ1) is 35.5. The average Bonchev–Trinajstić information content (AvgIpc) is 2.99. The number of nitrogens with zero attached hydrogens (tertiary/aromatic N) is 2. The van der Waals surface area contributed by atoms with E-state index in [1.54, 1.807) is 55.5 Å². The topological polar surface area (TPSA) is 114 Å². The van der Waals surface area contributed by atoms with Crippen LogP contribution in [0.3, 0.4) is 0 Å². The average molecular weight is 660 g/mol. The Labute approximate surface area is 271 Å². The van der Waals surface area contributed by atoms with E-state index in [1.807, 2.05) is 27.7 Å². The molecule has 0 saturated carbocycles. The maximum absolute atomic E-state index is 14.3. The van der Waals surface area contributed by atoms with Gasteiger partial charge in [-0.2, -0.15) is 0 Å². The monoisotopic (exact) mass is 659 g/mol. The van der Waals surface area contributed by atoms with Crippen LogP contribution in [0.5, 0.6) is 17.2 Å². The van der Waals surface area contributed by atoms with Gasteiger partial charge in [0.15, 0.2) is 11.5 Å². The molecule has 45 heavy (non-hydrogen) atoms. The molecule has 3 rings (SSSR count). The summed E-state index contributed by atoms with van der Waals surface area (Å²) in [4.78, 5) is 29.1. The lowest BCUT2D eigenvalue weighted by atomic mass is 10.1. The first-order valence-electron chi connectivity index (χ1n) is 14.6. The van der Waals surface area contributed by atoms with Crippen molar-refractivity contribution in [3.63, 3.8) is 0 Å². The number of ether oxygens (including phenoxy) is 3. The molecule has 0 aliphatic heterocycles. The lowest BCUT2D eigenvalue weighted by Crippen LogP contribution is -2.55. The van der Waals surface area contributed by atoms with Crippen molar-refractivity contribution < 1.29 is 32.2 Å². The second-order valence-electron chi connectivity index (χ2n) is 11.3. The van der Waals surface area contributed by atoms with Gasteiger partial charge in [-0.05, 0) is 88.2 Å². The lowest BCUT2D eigenvalue weighted by Gasteiger charge is -2.34. The standard InChI is InChI=1S/C33H42ClN3O7S/c1-8-28(32(39)35-33(3,4)5)36(21-23-10-12-24(34)13-11-23)31(38)22-37(25-14-16-26(17-15-25)44-9-2)45(40,41)27-18-19-29(42-6)30(20-27)43-7/h10-20,28H,8-9,21-22H2,1-7H3,(H,35,39)/t28-/m1/s1. The van der Waals surface area contributed by atoms with Crippen LogP contribution in [0.1, 0.15) is 46.6 Å². The van der Waals surface area contributed by atoms with Gasteiger partial charge in [0.05, 0.1) is 31.4 Å². The van der Waals surface area contributed by atoms with Gasteiger partial charge in [-0.3, -0.25) is 13.9 Å². The summed E-state index contributed by atoms with van der Waals surface area (Å²) < 4.78 is 45.7. The van der Waals surface area contributed by atoms with E-state index in [-0.39, 0.29) is 28.8 Å². The van der Waals surface area contributed by atoms with Crippen LogP contribution in [0.2, 0.25) is 5.02 Å². The van der Waals surface area contributed by atoms with Gasteiger partial charge in [-0.25, -0.2) is 8.42 Å². The van der Waals surface area contributed by atoms with Gasteiger partial charge in [0.1, 0.15) is 18.3 Å². The van der Waals surface area contributed by atoms with E-state index in [2.05, 4.69) is 5.32 Å². The Hall–Kier alpha value is -3.96. The third kappa shape index (κ3) is 9.27. The fourth-order valence-electron chi connectivity index (χ4n) is 4.67. The quantitative estimate of drug-likeness (QED) is 0.237. The molecule has 0 heterocycles. The van der Waals surface area contributed by atoms with E-state index < -0.39 is 34.1 Å². The number of anilines is 1. The molecule has 0 saturated heterocycles. The fraction of sp³-hybridized carbons (Fsp3) is 0.394. The van der Waals surface area contributed by atoms with Crippen molar-refractivity contribution in [1.82, 2.24) is 10.2 Å². The highest BCUT2D eigenvalue weighted by Crippen LogP contribution is 2.33. The number of benzene rings is 3. The van der Waals surface area contributed by atoms with Crippen molar-refractivity contribution in [2.45, 2.75) is 64.1 Å². The Balaban J connectivity index is 2.12. The minimum atomic E-state index is -4.33. The molecule has 0 fully saturated rings. The molecule has 10 nitrogen and oxygen atoms in total. The van der Waals surface area contributed by atoms with Crippen molar-refractivity contribution in [2.24, 2.45) is 0 Å². The van der Waals surface area contributed by atoms with Gasteiger partial charge in [0, 0.05) is 23.2 Å². The summed E-state index contributed by atoms with van der Waals surface area (Å²) in [6.45, 7) is 9.11. The number of carbonyl (C=O) groups excluding carboxylic acids is 2. The summed E-state index contributed by atoms with van der Waals surface area (Å²) in [5.74, 6) is 0.197. The van der Waals surface area contributed by atoms with Gasteiger partial charge >= 0.3 is 0 Å². The van der Waals surface area contributed by atoms with E-state index in [1.165, 1.54) is 37.3 Å². The van der Waals surface area contributed by atoms with Crippen LogP contribution in [0.25, 0.3) is 0 Å². The first-order valence-corrected chi connectivity index (χ1v) is 16.4. The summed E-state index contributed by atoms with van der Waals surface area (Å²) in [5, 5.41) is 3.48. The highest BCUT2D eigenvalue weighted by atomic mass is 35.5. The third-order valence-electron chi connectivity index (χ3n) is 6.81. The minimum absolute atomic E-state index is 0.0552. The summed E-state index contributed by atoms with van der Waals surface area (Å²) in [6, 6.07) is 16.7. The number of nitrogens with one attached hydrogen (secondary N) is 1. The van der Waals surface area contributed by atoms with Gasteiger partial charge in [-0.15, -0.1) is 0 Å². The molecule has 2 amide bonds. The molecule has 0 aliphatic carbocycles. The van der Waals surface area contributed by atoms with Crippen LogP contribution in [0, 0.1) is 0 Å². The molecule has 0 unspecified atom stereocenters. The highest BCUT2D eigenvalue weighted by Gasteiger charge is 2.35. The molecule has 0 spiro atoms. The number of methoxy groups -OCH3 is 2. The number of carbonyl (C=O) groups is 2. The predicted molar refractivity (Wildman–Crippen MR) is 176 cm³/mol. The Morgan fingerprint density at radius 3 is 2.07 bits per heavy atom. The number of hydrogen-bond donors (Lipinski definition) is 1. The third-order valence-corrected chi connectivity index (χ3v) is 8.83. The van der Waals surface area contributed by atoms with Gasteiger partial charge < -0.3 is 24.4 Å². The van der Waals surface area contributed by atoms with Crippen LogP contribution in [-0.4, -0.2) is 64.1 Å². The van der Waals surface area contributed by atoms with E-state index in [4.69, 9.17) is 25.8 Å². The molecule has 3 aromatic carbocycles. The van der Waals surface area contributed by atoms with E-state index >= 15 is 0 Å². The smallest absolute Gasteiger partial charge is 0.264 e. The van der Waals surface area contributed by atoms with Crippen molar-refractivity contribution in [1.29, 1.82) is 0 Å². The Bertz CT molecular complexity index is 1560. The Morgan fingerprint density at radius 1 is 0.911 bits per heavy atom. The summed E-state index contributed by atoms with van der Waals surface area (Å²) in [5.41, 5.74) is 0.412. The highest BCUT2D eigenvalue weighted by molar-refractivity contribution is 7.92. The molecule has 0 bridgehead atoms. The number of rotatable bonds is 14. The fourth-order valence-corrected chi connectivity index (χ4v) is 6.22. The number of sulfonamides is 1. The molecule has 244 valence electrons. The second-order valence-corrected chi connectivity index (χ2v) is 13.6. The molecule has 0 aliphatic rings. The van der Waals surface area contributed by atoms with Gasteiger partial charge in [-0.1, -0.05) is 30.7 Å². The van der Waals surface area contributed by atoms with E-state index in [0.29, 0.717) is 29.5 Å². The molecule has 0 radical (unpaired) electrons.